The third-order valence-electron chi connectivity index (χ3n) is 2.68. The molecule has 100 valence electrons. The molecule has 0 radical (unpaired) electrons. The Balaban J connectivity index is 4.50. The van der Waals surface area contributed by atoms with E-state index in [0.717, 1.165) is 0 Å². The fourth-order valence-corrected chi connectivity index (χ4v) is 1.25. The molecule has 0 aliphatic heterocycles. The van der Waals surface area contributed by atoms with Crippen molar-refractivity contribution in [3.8, 4) is 0 Å². The third kappa shape index (κ3) is 5.68. The Hall–Kier alpha value is -1.10. The van der Waals surface area contributed by atoms with Crippen LogP contribution in [0.5, 0.6) is 0 Å². The molecule has 17 heavy (non-hydrogen) atoms. The predicted octanol–water partition coefficient (Wildman–Crippen LogP) is 0.423. The fourth-order valence-electron chi connectivity index (χ4n) is 1.25. The number of rotatable bonds is 6. The second kappa shape index (κ2) is 7.27. The first-order chi connectivity index (χ1) is 7.79. The predicted molar refractivity (Wildman–Crippen MR) is 66.3 cm³/mol. The van der Waals surface area contributed by atoms with Gasteiger partial charge in [-0.15, -0.1) is 0 Å². The molecule has 3 unspecified atom stereocenters. The highest BCUT2D eigenvalue weighted by Gasteiger charge is 2.25. The normalized spacial score (nSPS) is 16.2. The van der Waals surface area contributed by atoms with Gasteiger partial charge in [-0.25, -0.2) is 0 Å². The standard InChI is InChI=1S/C12H24N2O3/c1-6-10(16)14-11(7(2)3)12(17)13-8(4)9(5)15/h7-9,11,15H,6H2,1-5H3,(H,13,17)(H,14,16). The molecule has 3 atom stereocenters. The first-order valence-electron chi connectivity index (χ1n) is 6.07. The van der Waals surface area contributed by atoms with Gasteiger partial charge < -0.3 is 15.7 Å². The van der Waals surface area contributed by atoms with Crippen molar-refractivity contribution in [1.29, 1.82) is 0 Å². The molecule has 0 fully saturated rings. The van der Waals surface area contributed by atoms with Gasteiger partial charge in [0.15, 0.2) is 0 Å². The Morgan fingerprint density at radius 1 is 1.12 bits per heavy atom. The minimum atomic E-state index is -0.617. The van der Waals surface area contributed by atoms with Crippen LogP contribution in [0.25, 0.3) is 0 Å². The molecular weight excluding hydrogens is 220 g/mol. The molecule has 0 saturated heterocycles. The van der Waals surface area contributed by atoms with E-state index in [4.69, 9.17) is 0 Å². The van der Waals surface area contributed by atoms with Crippen LogP contribution in [-0.2, 0) is 9.59 Å². The molecule has 2 amide bonds. The molecule has 0 aromatic heterocycles. The van der Waals surface area contributed by atoms with Gasteiger partial charge in [-0.2, -0.15) is 0 Å². The molecule has 0 aliphatic rings. The Labute approximate surface area is 103 Å². The zero-order chi connectivity index (χ0) is 13.6. The van der Waals surface area contributed by atoms with Crippen LogP contribution >= 0.6 is 0 Å². The van der Waals surface area contributed by atoms with Crippen LogP contribution in [0.1, 0.15) is 41.0 Å². The molecule has 0 rings (SSSR count). The molecule has 5 heteroatoms. The lowest BCUT2D eigenvalue weighted by Gasteiger charge is -2.24. The van der Waals surface area contributed by atoms with E-state index in [-0.39, 0.29) is 23.8 Å². The monoisotopic (exact) mass is 244 g/mol. The number of hydrogen-bond donors (Lipinski definition) is 3. The average Bonchev–Trinajstić information content (AvgIpc) is 2.24. The topological polar surface area (TPSA) is 78.4 Å². The van der Waals surface area contributed by atoms with Crippen molar-refractivity contribution in [2.75, 3.05) is 0 Å². The molecule has 0 bridgehead atoms. The maximum atomic E-state index is 11.9. The summed E-state index contributed by atoms with van der Waals surface area (Å²) in [7, 11) is 0. The third-order valence-corrected chi connectivity index (χ3v) is 2.68. The summed E-state index contributed by atoms with van der Waals surface area (Å²) in [5.74, 6) is -0.398. The van der Waals surface area contributed by atoms with Crippen molar-refractivity contribution in [3.05, 3.63) is 0 Å². The number of amides is 2. The summed E-state index contributed by atoms with van der Waals surface area (Å²) in [4.78, 5) is 23.2. The number of aliphatic hydroxyl groups excluding tert-OH is 1. The fraction of sp³-hybridized carbons (Fsp3) is 0.833. The van der Waals surface area contributed by atoms with Gasteiger partial charge in [0, 0.05) is 6.42 Å². The van der Waals surface area contributed by atoms with E-state index in [2.05, 4.69) is 10.6 Å². The largest absolute Gasteiger partial charge is 0.391 e. The van der Waals surface area contributed by atoms with E-state index in [1.54, 1.807) is 20.8 Å². The zero-order valence-corrected chi connectivity index (χ0v) is 11.3. The van der Waals surface area contributed by atoms with E-state index in [1.807, 2.05) is 13.8 Å². The van der Waals surface area contributed by atoms with E-state index in [9.17, 15) is 14.7 Å². The quantitative estimate of drug-likeness (QED) is 0.633. The lowest BCUT2D eigenvalue weighted by molar-refractivity contribution is -0.130. The first kappa shape index (κ1) is 15.9. The van der Waals surface area contributed by atoms with Gasteiger partial charge in [-0.1, -0.05) is 20.8 Å². The molecule has 5 nitrogen and oxygen atoms in total. The Bertz CT molecular complexity index is 264. The molecule has 0 heterocycles. The first-order valence-corrected chi connectivity index (χ1v) is 6.07. The maximum Gasteiger partial charge on any atom is 0.243 e. The second-order valence-corrected chi connectivity index (χ2v) is 4.68. The summed E-state index contributed by atoms with van der Waals surface area (Å²) in [5.41, 5.74) is 0. The Kier molecular flexibility index (Phi) is 6.80. The van der Waals surface area contributed by atoms with Crippen molar-refractivity contribution in [2.45, 2.75) is 59.2 Å². The van der Waals surface area contributed by atoms with Crippen molar-refractivity contribution < 1.29 is 14.7 Å². The second-order valence-electron chi connectivity index (χ2n) is 4.68. The lowest BCUT2D eigenvalue weighted by atomic mass is 10.0. The molecule has 0 aromatic rings. The maximum absolute atomic E-state index is 11.9. The molecule has 3 N–H and O–H groups in total. The summed E-state index contributed by atoms with van der Waals surface area (Å²) in [5, 5.41) is 14.7. The van der Waals surface area contributed by atoms with Crippen molar-refractivity contribution >= 4 is 11.8 Å². The number of carbonyl (C=O) groups excluding carboxylic acids is 2. The van der Waals surface area contributed by atoms with Crippen molar-refractivity contribution in [3.63, 3.8) is 0 Å². The van der Waals surface area contributed by atoms with E-state index in [0.29, 0.717) is 6.42 Å². The van der Waals surface area contributed by atoms with Crippen LogP contribution in [0.4, 0.5) is 0 Å². The molecular formula is C12H24N2O3. The van der Waals surface area contributed by atoms with E-state index < -0.39 is 12.1 Å². The highest BCUT2D eigenvalue weighted by molar-refractivity contribution is 5.87. The van der Waals surface area contributed by atoms with Gasteiger partial charge in [-0.3, -0.25) is 9.59 Å². The Morgan fingerprint density at radius 2 is 1.65 bits per heavy atom. The average molecular weight is 244 g/mol. The smallest absolute Gasteiger partial charge is 0.243 e. The SMILES string of the molecule is CCC(=O)NC(C(=O)NC(C)C(C)O)C(C)C. The van der Waals surface area contributed by atoms with Gasteiger partial charge >= 0.3 is 0 Å². The van der Waals surface area contributed by atoms with Crippen LogP contribution < -0.4 is 10.6 Å². The molecule has 0 saturated carbocycles. The van der Waals surface area contributed by atoms with Crippen molar-refractivity contribution in [1.82, 2.24) is 10.6 Å². The van der Waals surface area contributed by atoms with Crippen LogP contribution in [0.3, 0.4) is 0 Å². The number of aliphatic hydroxyl groups is 1. The van der Waals surface area contributed by atoms with Gasteiger partial charge in [0.1, 0.15) is 6.04 Å². The van der Waals surface area contributed by atoms with Gasteiger partial charge in [-0.05, 0) is 19.8 Å². The van der Waals surface area contributed by atoms with Crippen LogP contribution in [0.15, 0.2) is 0 Å². The van der Waals surface area contributed by atoms with Crippen LogP contribution in [0, 0.1) is 5.92 Å². The summed E-state index contributed by atoms with van der Waals surface area (Å²) in [6.45, 7) is 8.81. The van der Waals surface area contributed by atoms with Crippen molar-refractivity contribution in [2.24, 2.45) is 5.92 Å². The minimum Gasteiger partial charge on any atom is -0.391 e. The Morgan fingerprint density at radius 3 is 2.00 bits per heavy atom. The van der Waals surface area contributed by atoms with Gasteiger partial charge in [0.2, 0.25) is 11.8 Å². The highest BCUT2D eigenvalue weighted by Crippen LogP contribution is 2.03. The summed E-state index contributed by atoms with van der Waals surface area (Å²) in [6, 6.07) is -0.883. The highest BCUT2D eigenvalue weighted by atomic mass is 16.3. The number of nitrogens with one attached hydrogen (secondary N) is 2. The van der Waals surface area contributed by atoms with E-state index >= 15 is 0 Å². The summed E-state index contributed by atoms with van der Waals surface area (Å²) < 4.78 is 0. The zero-order valence-electron chi connectivity index (χ0n) is 11.3. The molecule has 0 aromatic carbocycles. The minimum absolute atomic E-state index is 0.00620. The van der Waals surface area contributed by atoms with Crippen LogP contribution in [-0.4, -0.2) is 35.1 Å². The van der Waals surface area contributed by atoms with E-state index in [1.165, 1.54) is 0 Å². The lowest BCUT2D eigenvalue weighted by Crippen LogP contribution is -2.53. The molecule has 0 aliphatic carbocycles. The van der Waals surface area contributed by atoms with Crippen LogP contribution in [0.2, 0.25) is 0 Å². The summed E-state index contributed by atoms with van der Waals surface area (Å²) >= 11 is 0. The number of carbonyl (C=O) groups is 2. The molecule has 0 spiro atoms. The van der Waals surface area contributed by atoms with Gasteiger partial charge in [0.25, 0.3) is 0 Å². The van der Waals surface area contributed by atoms with Gasteiger partial charge in [0.05, 0.1) is 12.1 Å². The summed E-state index contributed by atoms with van der Waals surface area (Å²) in [6.07, 6.45) is -0.267. The number of hydrogen-bond acceptors (Lipinski definition) is 3.